The van der Waals surface area contributed by atoms with Gasteiger partial charge in [0.15, 0.2) is 0 Å². The zero-order valence-corrected chi connectivity index (χ0v) is 13.6. The van der Waals surface area contributed by atoms with Gasteiger partial charge >= 0.3 is 0 Å². The standard InChI is InChI=1S/C17H26N4O/c1-3-12(2)20-15(22)16-5-13-4-14(6-16)8-17(7-13,9-16)21-11-18-10-19-21/h10-14H,3-9H2,1-2H3,(H,20,22). The van der Waals surface area contributed by atoms with Crippen molar-refractivity contribution in [1.29, 1.82) is 0 Å². The molecule has 0 radical (unpaired) electrons. The van der Waals surface area contributed by atoms with Crippen LogP contribution in [0.3, 0.4) is 0 Å². The lowest BCUT2D eigenvalue weighted by atomic mass is 9.46. The molecule has 5 heteroatoms. The van der Waals surface area contributed by atoms with Crippen LogP contribution < -0.4 is 5.32 Å². The van der Waals surface area contributed by atoms with Crippen LogP contribution in [-0.4, -0.2) is 26.7 Å². The third kappa shape index (κ3) is 2.01. The average molecular weight is 302 g/mol. The maximum atomic E-state index is 13.0. The lowest BCUT2D eigenvalue weighted by Crippen LogP contribution is -2.61. The number of rotatable bonds is 4. The predicted molar refractivity (Wildman–Crippen MR) is 83.0 cm³/mol. The van der Waals surface area contributed by atoms with Crippen molar-refractivity contribution in [3.63, 3.8) is 0 Å². The van der Waals surface area contributed by atoms with Crippen LogP contribution in [-0.2, 0) is 10.3 Å². The summed E-state index contributed by atoms with van der Waals surface area (Å²) in [5.74, 6) is 1.64. The molecule has 4 aliphatic rings. The van der Waals surface area contributed by atoms with Crippen LogP contribution in [0.25, 0.3) is 0 Å². The van der Waals surface area contributed by atoms with Gasteiger partial charge < -0.3 is 5.32 Å². The fraction of sp³-hybridized carbons (Fsp3) is 0.824. The molecule has 1 heterocycles. The third-order valence-corrected chi connectivity index (χ3v) is 6.41. The smallest absolute Gasteiger partial charge is 0.226 e. The first kappa shape index (κ1) is 14.2. The van der Waals surface area contributed by atoms with Crippen LogP contribution in [0.1, 0.15) is 58.8 Å². The number of nitrogens with zero attached hydrogens (tertiary/aromatic N) is 3. The van der Waals surface area contributed by atoms with Crippen molar-refractivity contribution in [3.8, 4) is 0 Å². The first-order valence-corrected chi connectivity index (χ1v) is 8.71. The van der Waals surface area contributed by atoms with E-state index in [9.17, 15) is 4.79 Å². The Hall–Kier alpha value is -1.39. The summed E-state index contributed by atoms with van der Waals surface area (Å²) in [6.07, 6.45) is 11.2. The van der Waals surface area contributed by atoms with E-state index in [1.165, 1.54) is 19.3 Å². The van der Waals surface area contributed by atoms with Gasteiger partial charge in [-0.1, -0.05) is 6.92 Å². The third-order valence-electron chi connectivity index (χ3n) is 6.41. The van der Waals surface area contributed by atoms with Gasteiger partial charge in [-0.15, -0.1) is 0 Å². The fourth-order valence-electron chi connectivity index (χ4n) is 5.68. The van der Waals surface area contributed by atoms with E-state index in [4.69, 9.17) is 0 Å². The van der Waals surface area contributed by atoms with Gasteiger partial charge in [-0.2, -0.15) is 5.10 Å². The number of nitrogens with one attached hydrogen (secondary N) is 1. The molecule has 22 heavy (non-hydrogen) atoms. The van der Waals surface area contributed by atoms with Crippen molar-refractivity contribution >= 4 is 5.91 Å². The minimum absolute atomic E-state index is 0.0351. The molecule has 0 saturated heterocycles. The molecule has 4 saturated carbocycles. The van der Waals surface area contributed by atoms with E-state index >= 15 is 0 Å². The van der Waals surface area contributed by atoms with Gasteiger partial charge in [0.1, 0.15) is 12.7 Å². The second-order valence-electron chi connectivity index (χ2n) is 8.09. The first-order chi connectivity index (χ1) is 10.6. The predicted octanol–water partition coefficient (Wildman–Crippen LogP) is 2.49. The molecule has 5 rings (SSSR count). The second kappa shape index (κ2) is 4.80. The van der Waals surface area contributed by atoms with E-state index in [0.717, 1.165) is 25.7 Å². The summed E-state index contributed by atoms with van der Waals surface area (Å²) in [7, 11) is 0. The van der Waals surface area contributed by atoms with E-state index in [1.807, 2.05) is 6.33 Å². The molecule has 4 aliphatic carbocycles. The van der Waals surface area contributed by atoms with Crippen molar-refractivity contribution < 1.29 is 4.79 Å². The highest BCUT2D eigenvalue weighted by Gasteiger charge is 2.61. The normalized spacial score (nSPS) is 40.6. The second-order valence-corrected chi connectivity index (χ2v) is 8.09. The van der Waals surface area contributed by atoms with Crippen LogP contribution in [0.2, 0.25) is 0 Å². The summed E-state index contributed by atoms with van der Waals surface area (Å²) >= 11 is 0. The summed E-state index contributed by atoms with van der Waals surface area (Å²) in [5, 5.41) is 7.71. The van der Waals surface area contributed by atoms with Gasteiger partial charge in [-0.25, -0.2) is 9.67 Å². The molecular weight excluding hydrogens is 276 g/mol. The zero-order chi connectivity index (χ0) is 15.4. The monoisotopic (exact) mass is 302 g/mol. The van der Waals surface area contributed by atoms with Gasteiger partial charge in [0.05, 0.1) is 11.0 Å². The van der Waals surface area contributed by atoms with Crippen molar-refractivity contribution in [2.45, 2.75) is 70.4 Å². The molecule has 120 valence electrons. The van der Waals surface area contributed by atoms with Crippen LogP contribution >= 0.6 is 0 Å². The topological polar surface area (TPSA) is 59.8 Å². The Bertz CT molecular complexity index is 553. The summed E-state index contributed by atoms with van der Waals surface area (Å²) in [5.41, 5.74) is -0.132. The Labute approximate surface area is 131 Å². The minimum atomic E-state index is -0.167. The van der Waals surface area contributed by atoms with Gasteiger partial charge in [0.25, 0.3) is 0 Å². The molecule has 3 unspecified atom stereocenters. The number of amides is 1. The highest BCUT2D eigenvalue weighted by atomic mass is 16.2. The van der Waals surface area contributed by atoms with E-state index < -0.39 is 0 Å². The first-order valence-electron chi connectivity index (χ1n) is 8.71. The zero-order valence-electron chi connectivity index (χ0n) is 13.6. The molecule has 4 bridgehead atoms. The summed E-state index contributed by atoms with van der Waals surface area (Å²) in [6.45, 7) is 4.23. The largest absolute Gasteiger partial charge is 0.353 e. The van der Waals surface area contributed by atoms with E-state index in [0.29, 0.717) is 17.7 Å². The van der Waals surface area contributed by atoms with Crippen molar-refractivity contribution in [2.75, 3.05) is 0 Å². The maximum Gasteiger partial charge on any atom is 0.226 e. The molecule has 1 N–H and O–H groups in total. The van der Waals surface area contributed by atoms with Crippen LogP contribution in [0, 0.1) is 17.3 Å². The highest BCUT2D eigenvalue weighted by Crippen LogP contribution is 2.64. The Balaban J connectivity index is 1.66. The van der Waals surface area contributed by atoms with Crippen molar-refractivity contribution in [2.24, 2.45) is 17.3 Å². The van der Waals surface area contributed by atoms with E-state index in [1.54, 1.807) is 6.33 Å². The minimum Gasteiger partial charge on any atom is -0.353 e. The molecule has 5 nitrogen and oxygen atoms in total. The fourth-order valence-corrected chi connectivity index (χ4v) is 5.68. The maximum absolute atomic E-state index is 13.0. The summed E-state index contributed by atoms with van der Waals surface area (Å²) in [4.78, 5) is 17.2. The summed E-state index contributed by atoms with van der Waals surface area (Å²) < 4.78 is 2.07. The molecule has 0 spiro atoms. The molecular formula is C17H26N4O. The Kier molecular flexibility index (Phi) is 3.10. The van der Waals surface area contributed by atoms with Gasteiger partial charge in [-0.05, 0) is 63.7 Å². The molecule has 0 aromatic carbocycles. The molecule has 1 amide bonds. The quantitative estimate of drug-likeness (QED) is 0.929. The molecule has 1 aromatic heterocycles. The number of carbonyl (C=O) groups is 1. The number of hydrogen-bond donors (Lipinski definition) is 1. The molecule has 1 aromatic rings. The molecule has 0 aliphatic heterocycles. The Morgan fingerprint density at radius 2 is 2.09 bits per heavy atom. The van der Waals surface area contributed by atoms with Gasteiger partial charge in [-0.3, -0.25) is 4.79 Å². The van der Waals surface area contributed by atoms with Crippen LogP contribution in [0.5, 0.6) is 0 Å². The van der Waals surface area contributed by atoms with E-state index in [2.05, 4.69) is 33.9 Å². The number of carbonyl (C=O) groups excluding carboxylic acids is 1. The lowest BCUT2D eigenvalue weighted by molar-refractivity contribution is -0.156. The Morgan fingerprint density at radius 3 is 2.68 bits per heavy atom. The SMILES string of the molecule is CCC(C)NC(=O)C12CC3CC(C1)CC(n1cncn1)(C3)C2. The van der Waals surface area contributed by atoms with E-state index in [-0.39, 0.29) is 17.0 Å². The molecule has 3 atom stereocenters. The number of hydrogen-bond acceptors (Lipinski definition) is 3. The summed E-state index contributed by atoms with van der Waals surface area (Å²) in [6, 6.07) is 0.267. The van der Waals surface area contributed by atoms with Gasteiger partial charge in [0.2, 0.25) is 5.91 Å². The van der Waals surface area contributed by atoms with Crippen molar-refractivity contribution in [1.82, 2.24) is 20.1 Å². The molecule has 4 fully saturated rings. The van der Waals surface area contributed by atoms with Gasteiger partial charge in [0, 0.05) is 6.04 Å². The highest BCUT2D eigenvalue weighted by molar-refractivity contribution is 5.83. The number of aromatic nitrogens is 3. The lowest BCUT2D eigenvalue weighted by Gasteiger charge is -2.61. The van der Waals surface area contributed by atoms with Crippen molar-refractivity contribution in [3.05, 3.63) is 12.7 Å². The average Bonchev–Trinajstić information content (AvgIpc) is 3.00. The Morgan fingerprint density at radius 1 is 1.36 bits per heavy atom. The van der Waals surface area contributed by atoms with Crippen LogP contribution in [0.4, 0.5) is 0 Å². The van der Waals surface area contributed by atoms with Crippen LogP contribution in [0.15, 0.2) is 12.7 Å².